The Bertz CT molecular complexity index is 355. The Hall–Kier alpha value is -0.710. The fourth-order valence-electron chi connectivity index (χ4n) is 1.57. The van der Waals surface area contributed by atoms with Crippen molar-refractivity contribution < 1.29 is 9.84 Å². The van der Waals surface area contributed by atoms with E-state index in [9.17, 15) is 5.11 Å². The Labute approximate surface area is 107 Å². The Morgan fingerprint density at radius 3 is 2.94 bits per heavy atom. The summed E-state index contributed by atoms with van der Waals surface area (Å²) in [5.74, 6) is 0.852. The van der Waals surface area contributed by atoms with Crippen LogP contribution in [0.1, 0.15) is 12.8 Å². The minimum Gasteiger partial charge on any atom is -0.490 e. The maximum absolute atomic E-state index is 9.76. The van der Waals surface area contributed by atoms with Gasteiger partial charge in [0.05, 0.1) is 0 Å². The first kappa shape index (κ1) is 12.7. The molecule has 17 heavy (non-hydrogen) atoms. The monoisotopic (exact) mass is 253 g/mol. The van der Waals surface area contributed by atoms with E-state index < -0.39 is 6.10 Å². The van der Waals surface area contributed by atoms with Crippen molar-refractivity contribution in [3.05, 3.63) is 24.3 Å². The summed E-state index contributed by atoms with van der Waals surface area (Å²) in [5, 5.41) is 13.0. The molecule has 0 amide bonds. The van der Waals surface area contributed by atoms with Crippen molar-refractivity contribution in [1.29, 1.82) is 0 Å². The number of para-hydroxylation sites is 1. The molecule has 1 saturated carbocycles. The Balaban J connectivity index is 1.75. The quantitative estimate of drug-likeness (QED) is 0.728. The number of aliphatic hydroxyl groups excluding tert-OH is 1. The average molecular weight is 253 g/mol. The largest absolute Gasteiger partial charge is 0.490 e. The van der Waals surface area contributed by atoms with Crippen LogP contribution in [0.25, 0.3) is 0 Å². The van der Waals surface area contributed by atoms with Crippen LogP contribution in [0.3, 0.4) is 0 Å². The molecule has 94 valence electrons. The van der Waals surface area contributed by atoms with E-state index >= 15 is 0 Å². The fourth-order valence-corrected chi connectivity index (χ4v) is 2.12. The number of rotatable bonds is 7. The minimum atomic E-state index is -0.439. The Morgan fingerprint density at radius 2 is 2.24 bits per heavy atom. The molecular weight excluding hydrogens is 234 g/mol. The van der Waals surface area contributed by atoms with E-state index in [0.717, 1.165) is 10.6 Å². The van der Waals surface area contributed by atoms with Gasteiger partial charge in [-0.1, -0.05) is 12.1 Å². The molecule has 2 rings (SSSR count). The van der Waals surface area contributed by atoms with Crippen LogP contribution in [0.4, 0.5) is 0 Å². The van der Waals surface area contributed by atoms with Gasteiger partial charge in [-0.2, -0.15) is 0 Å². The predicted molar refractivity (Wildman–Crippen MR) is 70.7 cm³/mol. The number of thioether (sulfide) groups is 1. The molecule has 1 unspecified atom stereocenters. The van der Waals surface area contributed by atoms with Gasteiger partial charge in [-0.15, -0.1) is 11.8 Å². The van der Waals surface area contributed by atoms with Crippen LogP contribution in [-0.2, 0) is 0 Å². The van der Waals surface area contributed by atoms with E-state index in [4.69, 9.17) is 4.74 Å². The molecule has 1 atom stereocenters. The third-order valence-electron chi connectivity index (χ3n) is 2.72. The second-order valence-electron chi connectivity index (χ2n) is 4.30. The van der Waals surface area contributed by atoms with E-state index in [2.05, 4.69) is 5.32 Å². The van der Waals surface area contributed by atoms with Crippen molar-refractivity contribution in [2.75, 3.05) is 19.4 Å². The second kappa shape index (κ2) is 6.28. The first-order valence-corrected chi connectivity index (χ1v) is 7.19. The zero-order valence-corrected chi connectivity index (χ0v) is 10.9. The fraction of sp³-hybridized carbons (Fsp3) is 0.538. The molecule has 1 aromatic carbocycles. The number of nitrogens with one attached hydrogen (secondary N) is 1. The summed E-state index contributed by atoms with van der Waals surface area (Å²) >= 11 is 1.65. The molecule has 3 nitrogen and oxygen atoms in total. The zero-order chi connectivity index (χ0) is 12.1. The number of hydrogen-bond donors (Lipinski definition) is 2. The van der Waals surface area contributed by atoms with Gasteiger partial charge in [-0.3, -0.25) is 0 Å². The van der Waals surface area contributed by atoms with Gasteiger partial charge in [-0.25, -0.2) is 0 Å². The van der Waals surface area contributed by atoms with E-state index in [0.29, 0.717) is 19.2 Å². The van der Waals surface area contributed by atoms with Gasteiger partial charge in [-0.05, 0) is 31.2 Å². The zero-order valence-electron chi connectivity index (χ0n) is 10.1. The van der Waals surface area contributed by atoms with Gasteiger partial charge in [0.2, 0.25) is 0 Å². The van der Waals surface area contributed by atoms with Gasteiger partial charge < -0.3 is 15.2 Å². The van der Waals surface area contributed by atoms with Crippen molar-refractivity contribution in [3.8, 4) is 5.75 Å². The van der Waals surface area contributed by atoms with Crippen molar-refractivity contribution >= 4 is 11.8 Å². The maximum Gasteiger partial charge on any atom is 0.132 e. The number of aliphatic hydroxyl groups is 1. The SMILES string of the molecule is CSc1ccccc1OCC(O)CNC1CC1. The van der Waals surface area contributed by atoms with E-state index in [1.807, 2.05) is 30.5 Å². The van der Waals surface area contributed by atoms with Crippen molar-refractivity contribution in [2.45, 2.75) is 29.9 Å². The molecule has 0 aliphatic heterocycles. The van der Waals surface area contributed by atoms with E-state index in [1.165, 1.54) is 12.8 Å². The highest BCUT2D eigenvalue weighted by Crippen LogP contribution is 2.26. The lowest BCUT2D eigenvalue weighted by atomic mass is 10.3. The molecule has 0 radical (unpaired) electrons. The lowest BCUT2D eigenvalue weighted by molar-refractivity contribution is 0.104. The summed E-state index contributed by atoms with van der Waals surface area (Å²) in [6.07, 6.45) is 4.06. The lowest BCUT2D eigenvalue weighted by Crippen LogP contribution is -2.32. The highest BCUT2D eigenvalue weighted by atomic mass is 32.2. The summed E-state index contributed by atoms with van der Waals surface area (Å²) < 4.78 is 5.63. The smallest absolute Gasteiger partial charge is 0.132 e. The Kier molecular flexibility index (Phi) is 4.71. The van der Waals surface area contributed by atoms with Gasteiger partial charge in [0.25, 0.3) is 0 Å². The molecule has 2 N–H and O–H groups in total. The highest BCUT2D eigenvalue weighted by molar-refractivity contribution is 7.98. The van der Waals surface area contributed by atoms with Gasteiger partial charge in [0, 0.05) is 17.5 Å². The van der Waals surface area contributed by atoms with Crippen molar-refractivity contribution in [3.63, 3.8) is 0 Å². The topological polar surface area (TPSA) is 41.5 Å². The lowest BCUT2D eigenvalue weighted by Gasteiger charge is -2.14. The number of benzene rings is 1. The summed E-state index contributed by atoms with van der Waals surface area (Å²) in [4.78, 5) is 1.11. The van der Waals surface area contributed by atoms with Crippen molar-refractivity contribution in [2.24, 2.45) is 0 Å². The van der Waals surface area contributed by atoms with Crippen LogP contribution in [0.2, 0.25) is 0 Å². The summed E-state index contributed by atoms with van der Waals surface area (Å²) in [7, 11) is 0. The van der Waals surface area contributed by atoms with Crippen LogP contribution in [0.15, 0.2) is 29.2 Å². The van der Waals surface area contributed by atoms with Gasteiger partial charge in [0.15, 0.2) is 0 Å². The average Bonchev–Trinajstić information content (AvgIpc) is 3.18. The molecule has 0 bridgehead atoms. The third kappa shape index (κ3) is 4.22. The highest BCUT2D eigenvalue weighted by Gasteiger charge is 2.21. The van der Waals surface area contributed by atoms with Crippen molar-refractivity contribution in [1.82, 2.24) is 5.32 Å². The van der Waals surface area contributed by atoms with Gasteiger partial charge >= 0.3 is 0 Å². The van der Waals surface area contributed by atoms with Crippen LogP contribution < -0.4 is 10.1 Å². The standard InChI is InChI=1S/C13H19NO2S/c1-17-13-5-3-2-4-12(13)16-9-11(15)8-14-10-6-7-10/h2-5,10-11,14-15H,6-9H2,1H3. The third-order valence-corrected chi connectivity index (χ3v) is 3.50. The van der Waals surface area contributed by atoms with Crippen LogP contribution >= 0.6 is 11.8 Å². The van der Waals surface area contributed by atoms with E-state index in [1.54, 1.807) is 11.8 Å². The van der Waals surface area contributed by atoms with Crippen LogP contribution in [0, 0.1) is 0 Å². The minimum absolute atomic E-state index is 0.345. The Morgan fingerprint density at radius 1 is 1.47 bits per heavy atom. The molecule has 0 spiro atoms. The first-order chi connectivity index (χ1) is 8.29. The molecular formula is C13H19NO2S. The first-order valence-electron chi connectivity index (χ1n) is 5.97. The molecule has 1 fully saturated rings. The van der Waals surface area contributed by atoms with Gasteiger partial charge in [0.1, 0.15) is 18.5 Å². The second-order valence-corrected chi connectivity index (χ2v) is 5.15. The summed E-state index contributed by atoms with van der Waals surface area (Å²) in [6.45, 7) is 0.962. The van der Waals surface area contributed by atoms with Crippen LogP contribution in [-0.4, -0.2) is 36.7 Å². The molecule has 1 aromatic rings. The number of ether oxygens (including phenoxy) is 1. The van der Waals surface area contributed by atoms with E-state index in [-0.39, 0.29) is 0 Å². The molecule has 4 heteroatoms. The summed E-state index contributed by atoms with van der Waals surface area (Å²) in [5.41, 5.74) is 0. The molecule has 0 aromatic heterocycles. The molecule has 0 saturated heterocycles. The normalized spacial score (nSPS) is 16.8. The number of hydrogen-bond acceptors (Lipinski definition) is 4. The maximum atomic E-state index is 9.76. The predicted octanol–water partition coefficient (Wildman–Crippen LogP) is 1.90. The molecule has 1 aliphatic rings. The molecule has 1 aliphatic carbocycles. The van der Waals surface area contributed by atoms with Crippen LogP contribution in [0.5, 0.6) is 5.75 Å². The summed E-state index contributed by atoms with van der Waals surface area (Å²) in [6, 6.07) is 8.53. The molecule has 0 heterocycles.